The molecule has 0 saturated carbocycles. The summed E-state index contributed by atoms with van der Waals surface area (Å²) in [6.07, 6.45) is 2.14. The van der Waals surface area contributed by atoms with Crippen LogP contribution in [-0.4, -0.2) is 12.5 Å². The van der Waals surface area contributed by atoms with Crippen LogP contribution >= 0.6 is 12.4 Å². The van der Waals surface area contributed by atoms with Crippen molar-refractivity contribution in [2.45, 2.75) is 26.7 Å². The molecule has 0 saturated heterocycles. The molecule has 0 aliphatic rings. The first-order chi connectivity index (χ1) is 10.6. The van der Waals surface area contributed by atoms with Crippen LogP contribution < -0.4 is 15.8 Å². The molecule has 0 bridgehead atoms. The van der Waals surface area contributed by atoms with Gasteiger partial charge in [0, 0.05) is 16.9 Å². The highest BCUT2D eigenvalue weighted by Gasteiger charge is 2.08. The van der Waals surface area contributed by atoms with Crippen LogP contribution in [0.15, 0.2) is 42.5 Å². The SMILES string of the molecule is CCCCOc1ccc(NC(=O)c2ccc(N)cc2)c(C)c1.Cl. The second-order valence-electron chi connectivity index (χ2n) is 5.25. The predicted octanol–water partition coefficient (Wildman–Crippen LogP) is 4.43. The van der Waals surface area contributed by atoms with E-state index in [-0.39, 0.29) is 18.3 Å². The highest BCUT2D eigenvalue weighted by atomic mass is 35.5. The van der Waals surface area contributed by atoms with E-state index >= 15 is 0 Å². The second-order valence-corrected chi connectivity index (χ2v) is 5.25. The number of carbonyl (C=O) groups excluding carboxylic acids is 1. The Hall–Kier alpha value is -2.20. The van der Waals surface area contributed by atoms with Crippen molar-refractivity contribution in [3.63, 3.8) is 0 Å². The molecule has 2 aromatic carbocycles. The number of hydrogen-bond acceptors (Lipinski definition) is 3. The van der Waals surface area contributed by atoms with Gasteiger partial charge in [-0.2, -0.15) is 0 Å². The van der Waals surface area contributed by atoms with Crippen LogP contribution in [0.5, 0.6) is 5.75 Å². The predicted molar refractivity (Wildman–Crippen MR) is 97.6 cm³/mol. The fourth-order valence-electron chi connectivity index (χ4n) is 2.03. The molecule has 2 aromatic rings. The number of halogens is 1. The van der Waals surface area contributed by atoms with Crippen molar-refractivity contribution in [2.75, 3.05) is 17.7 Å². The number of amides is 1. The molecule has 5 heteroatoms. The third-order valence-electron chi connectivity index (χ3n) is 3.39. The van der Waals surface area contributed by atoms with Crippen molar-refractivity contribution in [3.8, 4) is 5.75 Å². The summed E-state index contributed by atoms with van der Waals surface area (Å²) < 4.78 is 5.66. The maximum atomic E-state index is 12.2. The first-order valence-corrected chi connectivity index (χ1v) is 7.50. The average molecular weight is 335 g/mol. The Bertz CT molecular complexity index is 642. The van der Waals surface area contributed by atoms with Gasteiger partial charge >= 0.3 is 0 Å². The molecular weight excluding hydrogens is 312 g/mol. The molecule has 0 heterocycles. The summed E-state index contributed by atoms with van der Waals surface area (Å²) in [5.74, 6) is 0.680. The summed E-state index contributed by atoms with van der Waals surface area (Å²) >= 11 is 0. The molecule has 1 amide bonds. The lowest BCUT2D eigenvalue weighted by atomic mass is 10.1. The smallest absolute Gasteiger partial charge is 0.255 e. The van der Waals surface area contributed by atoms with Crippen LogP contribution in [0, 0.1) is 6.92 Å². The summed E-state index contributed by atoms with van der Waals surface area (Å²) in [6.45, 7) is 4.79. The first-order valence-electron chi connectivity index (χ1n) is 7.50. The number of nitrogens with two attached hydrogens (primary N) is 1. The van der Waals surface area contributed by atoms with Crippen LogP contribution in [-0.2, 0) is 0 Å². The highest BCUT2D eigenvalue weighted by molar-refractivity contribution is 6.04. The average Bonchev–Trinajstić information content (AvgIpc) is 2.51. The Labute approximate surface area is 143 Å². The molecule has 23 heavy (non-hydrogen) atoms. The number of unbranched alkanes of at least 4 members (excludes halogenated alkanes) is 1. The van der Waals surface area contributed by atoms with E-state index in [1.54, 1.807) is 24.3 Å². The fraction of sp³-hybridized carbons (Fsp3) is 0.278. The topological polar surface area (TPSA) is 64.3 Å². The van der Waals surface area contributed by atoms with Gasteiger partial charge in [-0.1, -0.05) is 13.3 Å². The van der Waals surface area contributed by atoms with Crippen molar-refractivity contribution < 1.29 is 9.53 Å². The van der Waals surface area contributed by atoms with Gasteiger partial charge in [0.25, 0.3) is 5.91 Å². The van der Waals surface area contributed by atoms with Gasteiger partial charge < -0.3 is 15.8 Å². The largest absolute Gasteiger partial charge is 0.494 e. The third-order valence-corrected chi connectivity index (χ3v) is 3.39. The Morgan fingerprint density at radius 3 is 2.48 bits per heavy atom. The minimum atomic E-state index is -0.150. The van der Waals surface area contributed by atoms with Crippen molar-refractivity contribution in [2.24, 2.45) is 0 Å². The minimum Gasteiger partial charge on any atom is -0.494 e. The molecule has 2 rings (SSSR count). The molecule has 0 spiro atoms. The second kappa shape index (κ2) is 9.06. The van der Waals surface area contributed by atoms with Gasteiger partial charge in [0.2, 0.25) is 0 Å². The van der Waals surface area contributed by atoms with Gasteiger partial charge in [-0.05, 0) is 61.4 Å². The highest BCUT2D eigenvalue weighted by Crippen LogP contribution is 2.22. The Morgan fingerprint density at radius 2 is 1.87 bits per heavy atom. The third kappa shape index (κ3) is 5.49. The number of anilines is 2. The van der Waals surface area contributed by atoms with Crippen molar-refractivity contribution >= 4 is 29.7 Å². The number of hydrogen-bond donors (Lipinski definition) is 2. The maximum Gasteiger partial charge on any atom is 0.255 e. The van der Waals surface area contributed by atoms with Gasteiger partial charge in [-0.25, -0.2) is 0 Å². The van der Waals surface area contributed by atoms with Crippen molar-refractivity contribution in [1.29, 1.82) is 0 Å². The molecule has 4 nitrogen and oxygen atoms in total. The van der Waals surface area contributed by atoms with Crippen LogP contribution in [0.25, 0.3) is 0 Å². The first kappa shape index (κ1) is 18.8. The quantitative estimate of drug-likeness (QED) is 0.606. The van der Waals surface area contributed by atoms with Crippen LogP contribution in [0.2, 0.25) is 0 Å². The number of rotatable bonds is 6. The van der Waals surface area contributed by atoms with Crippen LogP contribution in [0.3, 0.4) is 0 Å². The van der Waals surface area contributed by atoms with Crippen molar-refractivity contribution in [3.05, 3.63) is 53.6 Å². The summed E-state index contributed by atoms with van der Waals surface area (Å²) in [5, 5.41) is 2.91. The van der Waals surface area contributed by atoms with E-state index in [1.807, 2.05) is 25.1 Å². The Kier molecular flexibility index (Phi) is 7.42. The number of aryl methyl sites for hydroxylation is 1. The molecule has 0 unspecified atom stereocenters. The lowest BCUT2D eigenvalue weighted by Gasteiger charge is -2.11. The molecule has 0 fully saturated rings. The fourth-order valence-corrected chi connectivity index (χ4v) is 2.03. The van der Waals surface area contributed by atoms with Crippen molar-refractivity contribution in [1.82, 2.24) is 0 Å². The molecule has 0 aliphatic carbocycles. The van der Waals surface area contributed by atoms with Gasteiger partial charge in [-0.3, -0.25) is 4.79 Å². The number of benzene rings is 2. The zero-order valence-electron chi connectivity index (χ0n) is 13.5. The van der Waals surface area contributed by atoms with Crippen LogP contribution in [0.4, 0.5) is 11.4 Å². The molecule has 124 valence electrons. The molecule has 0 aliphatic heterocycles. The van der Waals surface area contributed by atoms with E-state index in [4.69, 9.17) is 10.5 Å². The zero-order chi connectivity index (χ0) is 15.9. The molecular formula is C18H23ClN2O2. The van der Waals surface area contributed by atoms with E-state index < -0.39 is 0 Å². The lowest BCUT2D eigenvalue weighted by Crippen LogP contribution is -2.12. The zero-order valence-corrected chi connectivity index (χ0v) is 14.3. The Morgan fingerprint density at radius 1 is 1.17 bits per heavy atom. The van der Waals surface area contributed by atoms with Gasteiger partial charge in [-0.15, -0.1) is 12.4 Å². The Balaban J connectivity index is 0.00000264. The molecule has 0 radical (unpaired) electrons. The van der Waals surface area contributed by atoms with E-state index in [0.29, 0.717) is 17.9 Å². The van der Waals surface area contributed by atoms with E-state index in [1.165, 1.54) is 0 Å². The summed E-state index contributed by atoms with van der Waals surface area (Å²) in [7, 11) is 0. The molecule has 3 N–H and O–H groups in total. The van der Waals surface area contributed by atoms with Gasteiger partial charge in [0.05, 0.1) is 6.61 Å². The van der Waals surface area contributed by atoms with E-state index in [9.17, 15) is 4.79 Å². The van der Waals surface area contributed by atoms with Crippen LogP contribution in [0.1, 0.15) is 35.7 Å². The maximum absolute atomic E-state index is 12.2. The summed E-state index contributed by atoms with van der Waals surface area (Å²) in [5.41, 5.74) is 8.60. The number of nitrogen functional groups attached to an aromatic ring is 1. The van der Waals surface area contributed by atoms with E-state index in [2.05, 4.69) is 12.2 Å². The molecule has 0 aromatic heterocycles. The molecule has 0 atom stereocenters. The van der Waals surface area contributed by atoms with Gasteiger partial charge in [0.1, 0.15) is 5.75 Å². The lowest BCUT2D eigenvalue weighted by molar-refractivity contribution is 0.102. The monoisotopic (exact) mass is 334 g/mol. The van der Waals surface area contributed by atoms with E-state index in [0.717, 1.165) is 29.8 Å². The van der Waals surface area contributed by atoms with Gasteiger partial charge in [0.15, 0.2) is 0 Å². The normalized spacial score (nSPS) is 9.83. The number of ether oxygens (including phenoxy) is 1. The number of carbonyl (C=O) groups is 1. The minimum absolute atomic E-state index is 0. The summed E-state index contributed by atoms with van der Waals surface area (Å²) in [4.78, 5) is 12.2. The number of nitrogens with one attached hydrogen (secondary N) is 1. The standard InChI is InChI=1S/C18H22N2O2.ClH/c1-3-4-11-22-16-9-10-17(13(2)12-16)20-18(21)14-5-7-15(19)8-6-14;/h5-10,12H,3-4,11,19H2,1-2H3,(H,20,21);1H. The summed E-state index contributed by atoms with van der Waals surface area (Å²) in [6, 6.07) is 12.5.